The van der Waals surface area contributed by atoms with E-state index in [1.54, 1.807) is 0 Å². The molecule has 0 aromatic carbocycles. The molecule has 0 aromatic rings. The first-order chi connectivity index (χ1) is 8.19. The summed E-state index contributed by atoms with van der Waals surface area (Å²) in [6, 6.07) is 0. The average Bonchev–Trinajstić information content (AvgIpc) is 2.37. The normalized spacial score (nSPS) is 19.8. The summed E-state index contributed by atoms with van der Waals surface area (Å²) in [5.74, 6) is -1.85. The van der Waals surface area contributed by atoms with Crippen LogP contribution >= 0.6 is 0 Å². The Hall–Kier alpha value is -1.18. The average molecular weight is 246 g/mol. The zero-order chi connectivity index (χ0) is 12.7. The highest BCUT2D eigenvalue weighted by Gasteiger charge is 2.27. The maximum atomic E-state index is 11.6. The van der Waals surface area contributed by atoms with E-state index in [9.17, 15) is 9.59 Å². The third kappa shape index (κ3) is 4.29. The van der Waals surface area contributed by atoms with Crippen molar-refractivity contribution < 1.29 is 23.9 Å². The number of rotatable bonds is 4. The van der Waals surface area contributed by atoms with Gasteiger partial charge in [0.05, 0.1) is 13.7 Å². The van der Waals surface area contributed by atoms with E-state index in [0.29, 0.717) is 13.0 Å². The molecular weight excluding hydrogens is 228 g/mol. The van der Waals surface area contributed by atoms with Crippen LogP contribution in [0.15, 0.2) is 0 Å². The van der Waals surface area contributed by atoms with E-state index in [4.69, 9.17) is 15.3 Å². The van der Waals surface area contributed by atoms with E-state index in [0.717, 1.165) is 25.0 Å². The highest BCUT2D eigenvalue weighted by Crippen LogP contribution is 2.15. The fraction of sp³-hybridized carbons (Fsp3) is 0.800. The highest BCUT2D eigenvalue weighted by molar-refractivity contribution is 6.32. The molecule has 1 heterocycles. The van der Waals surface area contributed by atoms with Gasteiger partial charge in [0.1, 0.15) is 0 Å². The van der Waals surface area contributed by atoms with Crippen LogP contribution in [0.3, 0.4) is 0 Å². The molecule has 17 heavy (non-hydrogen) atoms. The smallest absolute Gasteiger partial charge is 0.399 e. The van der Waals surface area contributed by atoms with Crippen LogP contribution in [-0.4, -0.2) is 50.0 Å². The number of carbonyl (C=O) groups is 2. The molecule has 1 fully saturated rings. The molecule has 1 rings (SSSR count). The second kappa shape index (κ2) is 7.21. The van der Waals surface area contributed by atoms with Crippen molar-refractivity contribution in [3.05, 3.63) is 0 Å². The molecule has 1 aliphatic heterocycles. The molecule has 7 heteroatoms. The van der Waals surface area contributed by atoms with Gasteiger partial charge in [-0.25, -0.2) is 14.7 Å². The molecule has 0 spiro atoms. The van der Waals surface area contributed by atoms with Gasteiger partial charge in [0.15, 0.2) is 6.29 Å². The Balaban J connectivity index is 2.51. The maximum absolute atomic E-state index is 11.6. The molecule has 1 atom stereocenters. The Kier molecular flexibility index (Phi) is 5.88. The quantitative estimate of drug-likeness (QED) is 0.405. The van der Waals surface area contributed by atoms with Crippen LogP contribution in [0.1, 0.15) is 19.3 Å². The predicted octanol–water partition coefficient (Wildman–Crippen LogP) is -0.595. The number of carbonyl (C=O) groups excluding carboxylic acids is 2. The molecule has 0 bridgehead atoms. The van der Waals surface area contributed by atoms with Gasteiger partial charge >= 0.3 is 11.9 Å². The number of hydrogen-bond donors (Lipinski definition) is 1. The van der Waals surface area contributed by atoms with E-state index in [-0.39, 0.29) is 13.1 Å². The van der Waals surface area contributed by atoms with Gasteiger partial charge < -0.3 is 15.2 Å². The number of ether oxygens (including phenoxy) is 2. The van der Waals surface area contributed by atoms with E-state index in [1.165, 1.54) is 0 Å². The Morgan fingerprint density at radius 2 is 2.24 bits per heavy atom. The second-order valence-electron chi connectivity index (χ2n) is 3.59. The van der Waals surface area contributed by atoms with Gasteiger partial charge in [-0.15, -0.1) is 0 Å². The van der Waals surface area contributed by atoms with Crippen molar-refractivity contribution in [2.45, 2.75) is 25.6 Å². The fourth-order valence-electron chi connectivity index (χ4n) is 1.44. The topological polar surface area (TPSA) is 91.1 Å². The van der Waals surface area contributed by atoms with Crippen LogP contribution in [-0.2, 0) is 23.9 Å². The molecule has 0 radical (unpaired) electrons. The van der Waals surface area contributed by atoms with Gasteiger partial charge in [-0.1, -0.05) is 0 Å². The van der Waals surface area contributed by atoms with Crippen LogP contribution in [0, 0.1) is 0 Å². The van der Waals surface area contributed by atoms with Gasteiger partial charge in [0.25, 0.3) is 0 Å². The summed E-state index contributed by atoms with van der Waals surface area (Å²) in [4.78, 5) is 27.9. The van der Waals surface area contributed by atoms with Crippen LogP contribution in [0.5, 0.6) is 0 Å². The molecule has 1 saturated heterocycles. The molecule has 0 saturated carbocycles. The zero-order valence-electron chi connectivity index (χ0n) is 9.89. The number of methoxy groups -OCH3 is 1. The van der Waals surface area contributed by atoms with Crippen LogP contribution < -0.4 is 5.73 Å². The van der Waals surface area contributed by atoms with Crippen molar-refractivity contribution in [3.63, 3.8) is 0 Å². The van der Waals surface area contributed by atoms with Gasteiger partial charge in [0, 0.05) is 19.6 Å². The molecule has 1 amide bonds. The van der Waals surface area contributed by atoms with Gasteiger partial charge in [-0.2, -0.15) is 0 Å². The summed E-state index contributed by atoms with van der Waals surface area (Å²) in [5.41, 5.74) is 5.35. The first kappa shape index (κ1) is 13.9. The van der Waals surface area contributed by atoms with Crippen LogP contribution in [0.4, 0.5) is 0 Å². The summed E-state index contributed by atoms with van der Waals surface area (Å²) in [7, 11) is 1.14. The number of hydroxylamine groups is 2. The number of nitrogens with two attached hydrogens (primary N) is 1. The van der Waals surface area contributed by atoms with E-state index < -0.39 is 18.2 Å². The highest BCUT2D eigenvalue weighted by atomic mass is 16.8. The molecule has 98 valence electrons. The van der Waals surface area contributed by atoms with Crippen molar-refractivity contribution in [3.8, 4) is 0 Å². The molecule has 0 aliphatic carbocycles. The third-order valence-electron chi connectivity index (χ3n) is 2.30. The number of hydrogen-bond acceptors (Lipinski definition) is 6. The lowest BCUT2D eigenvalue weighted by Gasteiger charge is -2.28. The number of esters is 1. The summed E-state index contributed by atoms with van der Waals surface area (Å²) >= 11 is 0. The summed E-state index contributed by atoms with van der Waals surface area (Å²) in [6.45, 7) is 0.900. The third-order valence-corrected chi connectivity index (χ3v) is 2.30. The summed E-state index contributed by atoms with van der Waals surface area (Å²) < 4.78 is 9.65. The molecule has 2 N–H and O–H groups in total. The van der Waals surface area contributed by atoms with Crippen molar-refractivity contribution in [2.24, 2.45) is 5.73 Å². The van der Waals surface area contributed by atoms with Crippen molar-refractivity contribution in [2.75, 3.05) is 26.8 Å². The lowest BCUT2D eigenvalue weighted by atomic mass is 10.2. The molecule has 7 nitrogen and oxygen atoms in total. The van der Waals surface area contributed by atoms with Crippen LogP contribution in [0.25, 0.3) is 0 Å². The standard InChI is InChI=1S/C10H18N2O5/c1-15-10(14)9(13)12(6-5-11)17-8-4-2-3-7-16-8/h8H,2-7,11H2,1H3. The number of amides is 1. The van der Waals surface area contributed by atoms with E-state index >= 15 is 0 Å². The lowest BCUT2D eigenvalue weighted by molar-refractivity contribution is -0.278. The molecule has 0 aromatic heterocycles. The number of nitrogens with zero attached hydrogens (tertiary/aromatic N) is 1. The van der Waals surface area contributed by atoms with Gasteiger partial charge in [0.2, 0.25) is 0 Å². The Morgan fingerprint density at radius 3 is 2.76 bits per heavy atom. The fourth-order valence-corrected chi connectivity index (χ4v) is 1.44. The maximum Gasteiger partial charge on any atom is 0.399 e. The SMILES string of the molecule is COC(=O)C(=O)N(CCN)OC1CCCCO1. The minimum atomic E-state index is -0.978. The molecular formula is C10H18N2O5. The van der Waals surface area contributed by atoms with Crippen molar-refractivity contribution >= 4 is 11.9 Å². The summed E-state index contributed by atoms with van der Waals surface area (Å²) in [5, 5.41) is 0.905. The largest absolute Gasteiger partial charge is 0.462 e. The minimum absolute atomic E-state index is 0.119. The second-order valence-corrected chi connectivity index (χ2v) is 3.59. The first-order valence-electron chi connectivity index (χ1n) is 5.57. The van der Waals surface area contributed by atoms with E-state index in [2.05, 4.69) is 4.74 Å². The molecule has 1 unspecified atom stereocenters. The Bertz CT molecular complexity index is 265. The van der Waals surface area contributed by atoms with Gasteiger partial charge in [-0.05, 0) is 12.8 Å². The van der Waals surface area contributed by atoms with Gasteiger partial charge in [-0.3, -0.25) is 4.79 Å². The predicted molar refractivity (Wildman–Crippen MR) is 57.5 cm³/mol. The first-order valence-corrected chi connectivity index (χ1v) is 5.57. The Morgan fingerprint density at radius 1 is 1.47 bits per heavy atom. The van der Waals surface area contributed by atoms with Crippen molar-refractivity contribution in [1.82, 2.24) is 5.06 Å². The molecule has 1 aliphatic rings. The van der Waals surface area contributed by atoms with E-state index in [1.807, 2.05) is 0 Å². The summed E-state index contributed by atoms with van der Waals surface area (Å²) in [6.07, 6.45) is 2.13. The Labute approximate surface area is 99.7 Å². The van der Waals surface area contributed by atoms with Crippen molar-refractivity contribution in [1.29, 1.82) is 0 Å². The minimum Gasteiger partial charge on any atom is -0.462 e. The zero-order valence-corrected chi connectivity index (χ0v) is 9.89. The van der Waals surface area contributed by atoms with Crippen LogP contribution in [0.2, 0.25) is 0 Å². The monoisotopic (exact) mass is 246 g/mol. The lowest BCUT2D eigenvalue weighted by Crippen LogP contribution is -2.43.